The van der Waals surface area contributed by atoms with Crippen LogP contribution in [0.3, 0.4) is 0 Å². The number of ether oxygens (including phenoxy) is 2. The molecule has 32 heavy (non-hydrogen) atoms. The Morgan fingerprint density at radius 3 is 2.47 bits per heavy atom. The minimum atomic E-state index is -1.32. The predicted octanol–water partition coefficient (Wildman–Crippen LogP) is 3.50. The highest BCUT2D eigenvalue weighted by molar-refractivity contribution is 5.24. The topological polar surface area (TPSA) is 62.2 Å². The summed E-state index contributed by atoms with van der Waals surface area (Å²) in [5, 5.41) is 22.3. The first kappa shape index (κ1) is 23.1. The highest BCUT2D eigenvalue weighted by atomic mass is 19.2. The molecule has 0 amide bonds. The van der Waals surface area contributed by atoms with Crippen LogP contribution in [0.2, 0.25) is 0 Å². The van der Waals surface area contributed by atoms with E-state index in [1.54, 1.807) is 0 Å². The third kappa shape index (κ3) is 5.84. The van der Waals surface area contributed by atoms with E-state index in [1.807, 2.05) is 11.0 Å². The number of aliphatic hydroxyl groups is 2. The van der Waals surface area contributed by atoms with Crippen molar-refractivity contribution >= 4 is 0 Å². The quantitative estimate of drug-likeness (QED) is 0.710. The van der Waals surface area contributed by atoms with Gasteiger partial charge in [-0.25, -0.2) is 8.78 Å². The number of β-amino-alcohol motifs (C(OH)–C–C–N with tert-alkyl or cyclic N) is 2. The summed E-state index contributed by atoms with van der Waals surface area (Å²) in [5.41, 5.74) is -0.808. The van der Waals surface area contributed by atoms with Gasteiger partial charge in [-0.15, -0.1) is 0 Å². The minimum absolute atomic E-state index is 0.0711. The molecule has 1 aliphatic carbocycles. The molecule has 174 valence electrons. The van der Waals surface area contributed by atoms with Gasteiger partial charge in [0, 0.05) is 25.7 Å². The minimum Gasteiger partial charge on any atom is -0.490 e. The zero-order valence-electron chi connectivity index (χ0n) is 18.2. The second-order valence-electron chi connectivity index (χ2n) is 9.26. The summed E-state index contributed by atoms with van der Waals surface area (Å²) in [5.74, 6) is -1.34. The van der Waals surface area contributed by atoms with Gasteiger partial charge in [-0.05, 0) is 49.3 Å². The van der Waals surface area contributed by atoms with E-state index in [0.717, 1.165) is 25.0 Å². The molecule has 4 rings (SSSR count). The van der Waals surface area contributed by atoms with E-state index >= 15 is 0 Å². The molecule has 1 atom stereocenters. The fourth-order valence-electron chi connectivity index (χ4n) is 4.79. The van der Waals surface area contributed by atoms with Crippen LogP contribution in [0.4, 0.5) is 8.78 Å². The molecule has 2 N–H and O–H groups in total. The number of halogens is 2. The summed E-state index contributed by atoms with van der Waals surface area (Å²) in [6, 6.07) is 13.7. The van der Waals surface area contributed by atoms with Gasteiger partial charge in [0.25, 0.3) is 0 Å². The molecule has 0 spiro atoms. The van der Waals surface area contributed by atoms with Crippen LogP contribution in [0.1, 0.15) is 37.2 Å². The number of nitrogens with zero attached hydrogens (tertiary/aromatic N) is 1. The van der Waals surface area contributed by atoms with Crippen LogP contribution in [-0.2, 0) is 4.74 Å². The second kappa shape index (κ2) is 9.83. The molecule has 5 nitrogen and oxygen atoms in total. The first-order valence-electron chi connectivity index (χ1n) is 11.2. The van der Waals surface area contributed by atoms with Gasteiger partial charge in [-0.1, -0.05) is 30.3 Å². The standard InChI is InChI=1S/C25H31F2NO4/c26-22-7-6-21(14-23(22)27)32-18-25(30)16-28(12-13-31-17-25)15-24(29)10-8-20(9-11-24)19-4-2-1-3-5-19/h1-7,14,20,29-30H,8-13,15-18H2/t20?,24?,25-/m1/s1. The fraction of sp³-hybridized carbons (Fsp3) is 0.520. The molecular weight excluding hydrogens is 416 g/mol. The van der Waals surface area contributed by atoms with Crippen LogP contribution >= 0.6 is 0 Å². The van der Waals surface area contributed by atoms with Crippen molar-refractivity contribution < 1.29 is 28.5 Å². The molecule has 7 heteroatoms. The van der Waals surface area contributed by atoms with Gasteiger partial charge in [-0.3, -0.25) is 4.90 Å². The molecule has 2 aromatic rings. The summed E-state index contributed by atoms with van der Waals surface area (Å²) in [6.07, 6.45) is 3.25. The Labute approximate surface area is 187 Å². The van der Waals surface area contributed by atoms with E-state index in [1.165, 1.54) is 11.6 Å². The summed E-state index contributed by atoms with van der Waals surface area (Å²) < 4.78 is 37.7. The first-order chi connectivity index (χ1) is 15.3. The van der Waals surface area contributed by atoms with Crippen molar-refractivity contribution in [3.05, 3.63) is 65.7 Å². The third-order valence-corrected chi connectivity index (χ3v) is 6.54. The van der Waals surface area contributed by atoms with E-state index in [4.69, 9.17) is 9.47 Å². The molecule has 2 fully saturated rings. The maximum atomic E-state index is 13.4. The predicted molar refractivity (Wildman–Crippen MR) is 117 cm³/mol. The Morgan fingerprint density at radius 1 is 1.00 bits per heavy atom. The zero-order chi connectivity index (χ0) is 22.6. The lowest BCUT2D eigenvalue weighted by atomic mass is 9.76. The van der Waals surface area contributed by atoms with Gasteiger partial charge in [0.2, 0.25) is 0 Å². The Bertz CT molecular complexity index is 889. The number of benzene rings is 2. The van der Waals surface area contributed by atoms with Crippen molar-refractivity contribution in [3.8, 4) is 5.75 Å². The van der Waals surface area contributed by atoms with Gasteiger partial charge < -0.3 is 19.7 Å². The summed E-state index contributed by atoms with van der Waals surface area (Å²) >= 11 is 0. The summed E-state index contributed by atoms with van der Waals surface area (Å²) in [6.45, 7) is 1.70. The van der Waals surface area contributed by atoms with Crippen molar-refractivity contribution in [3.63, 3.8) is 0 Å². The Kier molecular flexibility index (Phi) is 7.10. The number of hydrogen-bond acceptors (Lipinski definition) is 5. The van der Waals surface area contributed by atoms with E-state index in [2.05, 4.69) is 24.3 Å². The number of hydrogen-bond donors (Lipinski definition) is 2. The van der Waals surface area contributed by atoms with Gasteiger partial charge >= 0.3 is 0 Å². The Balaban J connectivity index is 1.33. The average Bonchev–Trinajstić information content (AvgIpc) is 2.97. The molecule has 2 aromatic carbocycles. The van der Waals surface area contributed by atoms with E-state index in [0.29, 0.717) is 38.5 Å². The molecule has 0 radical (unpaired) electrons. The van der Waals surface area contributed by atoms with Gasteiger partial charge in [-0.2, -0.15) is 0 Å². The maximum absolute atomic E-state index is 13.4. The highest BCUT2D eigenvalue weighted by Gasteiger charge is 2.39. The van der Waals surface area contributed by atoms with Crippen molar-refractivity contribution in [2.45, 2.75) is 42.8 Å². The van der Waals surface area contributed by atoms with Crippen molar-refractivity contribution in [1.82, 2.24) is 4.90 Å². The zero-order valence-corrected chi connectivity index (χ0v) is 18.2. The largest absolute Gasteiger partial charge is 0.490 e. The van der Waals surface area contributed by atoms with Crippen molar-refractivity contribution in [2.75, 3.05) is 39.5 Å². The van der Waals surface area contributed by atoms with Crippen LogP contribution in [0.25, 0.3) is 0 Å². The van der Waals surface area contributed by atoms with Crippen LogP contribution < -0.4 is 4.74 Å². The van der Waals surface area contributed by atoms with Crippen LogP contribution in [-0.4, -0.2) is 65.8 Å². The maximum Gasteiger partial charge on any atom is 0.162 e. The molecule has 1 saturated carbocycles. The fourth-order valence-corrected chi connectivity index (χ4v) is 4.79. The van der Waals surface area contributed by atoms with Gasteiger partial charge in [0.05, 0.1) is 18.8 Å². The number of rotatable bonds is 6. The third-order valence-electron chi connectivity index (χ3n) is 6.54. The summed E-state index contributed by atoms with van der Waals surface area (Å²) in [7, 11) is 0. The molecule has 1 heterocycles. The summed E-state index contributed by atoms with van der Waals surface area (Å²) in [4.78, 5) is 2.02. The Morgan fingerprint density at radius 2 is 1.75 bits per heavy atom. The molecule has 0 unspecified atom stereocenters. The lowest BCUT2D eigenvalue weighted by molar-refractivity contribution is -0.0767. The van der Waals surface area contributed by atoms with Crippen LogP contribution in [0.15, 0.2) is 48.5 Å². The lowest BCUT2D eigenvalue weighted by Gasteiger charge is -2.40. The molecule has 0 aromatic heterocycles. The van der Waals surface area contributed by atoms with E-state index in [9.17, 15) is 19.0 Å². The van der Waals surface area contributed by atoms with Crippen LogP contribution in [0, 0.1) is 11.6 Å². The molecule has 0 bridgehead atoms. The molecule has 2 aliphatic rings. The monoisotopic (exact) mass is 447 g/mol. The van der Waals surface area contributed by atoms with Gasteiger partial charge in [0.1, 0.15) is 18.0 Å². The van der Waals surface area contributed by atoms with Gasteiger partial charge in [0.15, 0.2) is 11.6 Å². The highest BCUT2D eigenvalue weighted by Crippen LogP contribution is 2.38. The average molecular weight is 448 g/mol. The first-order valence-corrected chi connectivity index (χ1v) is 11.2. The SMILES string of the molecule is OC1(CN2CCOC[C@@](O)(COc3ccc(F)c(F)c3)C2)CCC(c2ccccc2)CC1. The Hall–Kier alpha value is -2.06. The smallest absolute Gasteiger partial charge is 0.162 e. The van der Waals surface area contributed by atoms with Crippen molar-refractivity contribution in [1.29, 1.82) is 0 Å². The lowest BCUT2D eigenvalue weighted by Crippen LogP contribution is -2.53. The normalized spacial score (nSPS) is 29.4. The van der Waals surface area contributed by atoms with Crippen LogP contribution in [0.5, 0.6) is 5.75 Å². The molecule has 1 aliphatic heterocycles. The van der Waals surface area contributed by atoms with E-state index < -0.39 is 22.8 Å². The van der Waals surface area contributed by atoms with Crippen molar-refractivity contribution in [2.24, 2.45) is 0 Å². The molecular formula is C25H31F2NO4. The molecule has 1 saturated heterocycles. The second-order valence-corrected chi connectivity index (χ2v) is 9.26. The van der Waals surface area contributed by atoms with E-state index in [-0.39, 0.29) is 25.5 Å².